The lowest BCUT2D eigenvalue weighted by molar-refractivity contribution is -0.125. The number of hydrazone groups is 1. The topological polar surface area (TPSA) is 70.0 Å². The van der Waals surface area contributed by atoms with Crippen LogP contribution < -0.4 is 4.90 Å². The molecule has 0 bridgehead atoms. The second-order valence-electron chi connectivity index (χ2n) is 7.80. The SMILES string of the molecule is O=C1CC2(CC(c3cccc(Cl)c3)=NN2C(=O)c2ccccc2)C(=O)N1c1ccccc1. The zero-order chi connectivity index (χ0) is 22.3. The number of carbonyl (C=O) groups is 3. The van der Waals surface area contributed by atoms with Crippen molar-refractivity contribution in [1.29, 1.82) is 0 Å². The molecule has 1 atom stereocenters. The lowest BCUT2D eigenvalue weighted by atomic mass is 9.88. The van der Waals surface area contributed by atoms with Gasteiger partial charge in [-0.25, -0.2) is 9.91 Å². The number of hydrogen-bond donors (Lipinski definition) is 0. The molecule has 1 spiro atoms. The Morgan fingerprint density at radius 3 is 2.25 bits per heavy atom. The average Bonchev–Trinajstić information content (AvgIpc) is 3.31. The molecule has 3 aromatic carbocycles. The van der Waals surface area contributed by atoms with E-state index < -0.39 is 17.4 Å². The van der Waals surface area contributed by atoms with Crippen molar-refractivity contribution in [3.05, 3.63) is 101 Å². The van der Waals surface area contributed by atoms with Gasteiger partial charge in [0, 0.05) is 17.0 Å². The van der Waals surface area contributed by atoms with E-state index in [0.29, 0.717) is 27.5 Å². The largest absolute Gasteiger partial charge is 0.275 e. The highest BCUT2D eigenvalue weighted by molar-refractivity contribution is 6.31. The predicted octanol–water partition coefficient (Wildman–Crippen LogP) is 4.29. The van der Waals surface area contributed by atoms with Crippen molar-refractivity contribution in [2.24, 2.45) is 5.10 Å². The summed E-state index contributed by atoms with van der Waals surface area (Å²) in [6.07, 6.45) is -0.0211. The summed E-state index contributed by atoms with van der Waals surface area (Å²) < 4.78 is 0. The summed E-state index contributed by atoms with van der Waals surface area (Å²) in [5.41, 5.74) is 0.688. The number of imide groups is 1. The van der Waals surface area contributed by atoms with E-state index >= 15 is 0 Å². The normalized spacial score (nSPS) is 20.2. The van der Waals surface area contributed by atoms with Gasteiger partial charge in [-0.2, -0.15) is 5.10 Å². The quantitative estimate of drug-likeness (QED) is 0.567. The van der Waals surface area contributed by atoms with Crippen LogP contribution in [0.5, 0.6) is 0 Å². The average molecular weight is 444 g/mol. The number of anilines is 1. The predicted molar refractivity (Wildman–Crippen MR) is 122 cm³/mol. The van der Waals surface area contributed by atoms with Gasteiger partial charge in [0.2, 0.25) is 5.91 Å². The number of carbonyl (C=O) groups excluding carboxylic acids is 3. The molecule has 7 heteroatoms. The summed E-state index contributed by atoms with van der Waals surface area (Å²) in [7, 11) is 0. The van der Waals surface area contributed by atoms with E-state index in [4.69, 9.17) is 11.6 Å². The van der Waals surface area contributed by atoms with Gasteiger partial charge in [0.15, 0.2) is 5.54 Å². The van der Waals surface area contributed by atoms with Crippen LogP contribution in [0.3, 0.4) is 0 Å². The van der Waals surface area contributed by atoms with Crippen LogP contribution >= 0.6 is 11.6 Å². The van der Waals surface area contributed by atoms with E-state index in [1.807, 2.05) is 12.1 Å². The summed E-state index contributed by atoms with van der Waals surface area (Å²) in [5.74, 6) is -1.26. The third-order valence-corrected chi connectivity index (χ3v) is 6.00. The fraction of sp³-hybridized carbons (Fsp3) is 0.120. The minimum atomic E-state index is -1.42. The Bertz CT molecular complexity index is 1260. The molecule has 6 nitrogen and oxygen atoms in total. The molecular formula is C25H18ClN3O3. The first-order valence-corrected chi connectivity index (χ1v) is 10.5. The first-order chi connectivity index (χ1) is 15.5. The van der Waals surface area contributed by atoms with Crippen LogP contribution in [0.15, 0.2) is 90.0 Å². The summed E-state index contributed by atoms with van der Waals surface area (Å²) in [6, 6.07) is 24.4. The Morgan fingerprint density at radius 1 is 0.875 bits per heavy atom. The van der Waals surface area contributed by atoms with Crippen LogP contribution in [0.4, 0.5) is 5.69 Å². The van der Waals surface area contributed by atoms with Crippen LogP contribution in [0.25, 0.3) is 0 Å². The molecule has 32 heavy (non-hydrogen) atoms. The highest BCUT2D eigenvalue weighted by Crippen LogP contribution is 2.42. The molecule has 1 saturated heterocycles. The molecule has 1 unspecified atom stereocenters. The first-order valence-electron chi connectivity index (χ1n) is 10.1. The molecule has 3 aromatic rings. The van der Waals surface area contributed by atoms with Gasteiger partial charge in [0.25, 0.3) is 11.8 Å². The third kappa shape index (κ3) is 3.20. The maximum atomic E-state index is 13.7. The molecule has 5 rings (SSSR count). The maximum absolute atomic E-state index is 13.7. The summed E-state index contributed by atoms with van der Waals surface area (Å²) >= 11 is 6.16. The summed E-state index contributed by atoms with van der Waals surface area (Å²) in [4.78, 5) is 41.4. The van der Waals surface area contributed by atoms with Crippen molar-refractivity contribution >= 4 is 40.7 Å². The minimum absolute atomic E-state index is 0.125. The van der Waals surface area contributed by atoms with E-state index in [2.05, 4.69) is 5.10 Å². The number of hydrogen-bond acceptors (Lipinski definition) is 4. The van der Waals surface area contributed by atoms with Gasteiger partial charge in [-0.15, -0.1) is 0 Å². The Labute approximate surface area is 189 Å². The summed E-state index contributed by atoms with van der Waals surface area (Å²) in [5, 5.41) is 6.28. The lowest BCUT2D eigenvalue weighted by Crippen LogP contribution is -2.52. The van der Waals surface area contributed by atoms with E-state index in [1.165, 1.54) is 5.01 Å². The van der Waals surface area contributed by atoms with Crippen LogP contribution in [0.1, 0.15) is 28.8 Å². The van der Waals surface area contributed by atoms with Gasteiger partial charge in [-0.1, -0.05) is 60.1 Å². The van der Waals surface area contributed by atoms with Crippen molar-refractivity contribution in [1.82, 2.24) is 5.01 Å². The van der Waals surface area contributed by atoms with Gasteiger partial charge >= 0.3 is 0 Å². The molecule has 0 radical (unpaired) electrons. The lowest BCUT2D eigenvalue weighted by Gasteiger charge is -2.30. The Hall–Kier alpha value is -3.77. The van der Waals surface area contributed by atoms with Crippen LogP contribution in [-0.2, 0) is 9.59 Å². The molecule has 3 amide bonds. The molecule has 1 fully saturated rings. The zero-order valence-corrected chi connectivity index (χ0v) is 17.7. The number of halogens is 1. The standard InChI is InChI=1S/C25H18ClN3O3/c26-19-11-7-10-18(14-19)21-15-25(29(27-21)23(31)17-8-3-1-4-9-17)16-22(30)28(24(25)32)20-12-5-2-6-13-20/h1-14H,15-16H2. The fourth-order valence-electron chi connectivity index (χ4n) is 4.24. The van der Waals surface area contributed by atoms with Crippen LogP contribution in [0, 0.1) is 0 Å². The summed E-state index contributed by atoms with van der Waals surface area (Å²) in [6.45, 7) is 0. The second kappa shape index (κ2) is 7.73. The van der Waals surface area contributed by atoms with Gasteiger partial charge in [0.1, 0.15) is 0 Å². The van der Waals surface area contributed by atoms with Crippen LogP contribution in [-0.4, -0.2) is 34.0 Å². The van der Waals surface area contributed by atoms with Gasteiger partial charge < -0.3 is 0 Å². The number of rotatable bonds is 3. The van der Waals surface area contributed by atoms with E-state index in [0.717, 1.165) is 4.90 Å². The Morgan fingerprint density at radius 2 is 1.56 bits per heavy atom. The highest BCUT2D eigenvalue weighted by Gasteiger charge is 2.61. The molecule has 158 valence electrons. The van der Waals surface area contributed by atoms with E-state index in [1.54, 1.807) is 72.8 Å². The van der Waals surface area contributed by atoms with Crippen LogP contribution in [0.2, 0.25) is 5.02 Å². The second-order valence-corrected chi connectivity index (χ2v) is 8.23. The monoisotopic (exact) mass is 443 g/mol. The van der Waals surface area contributed by atoms with Crippen molar-refractivity contribution in [2.75, 3.05) is 4.90 Å². The van der Waals surface area contributed by atoms with Gasteiger partial charge in [0.05, 0.1) is 17.8 Å². The van der Waals surface area contributed by atoms with Crippen molar-refractivity contribution in [3.8, 4) is 0 Å². The molecule has 0 aromatic heterocycles. The molecule has 2 aliphatic rings. The van der Waals surface area contributed by atoms with Crippen molar-refractivity contribution < 1.29 is 14.4 Å². The first kappa shape index (κ1) is 20.2. The van der Waals surface area contributed by atoms with Crippen molar-refractivity contribution in [2.45, 2.75) is 18.4 Å². The molecule has 0 saturated carbocycles. The number of para-hydroxylation sites is 1. The minimum Gasteiger partial charge on any atom is -0.274 e. The molecular weight excluding hydrogens is 426 g/mol. The zero-order valence-electron chi connectivity index (χ0n) is 16.9. The smallest absolute Gasteiger partial charge is 0.274 e. The number of nitrogens with zero attached hydrogens (tertiary/aromatic N) is 3. The molecule has 2 heterocycles. The fourth-order valence-corrected chi connectivity index (χ4v) is 4.43. The van der Waals surface area contributed by atoms with E-state index in [-0.39, 0.29) is 18.7 Å². The Kier molecular flexibility index (Phi) is 4.87. The van der Waals surface area contributed by atoms with E-state index in [9.17, 15) is 14.4 Å². The van der Waals surface area contributed by atoms with Crippen molar-refractivity contribution in [3.63, 3.8) is 0 Å². The van der Waals surface area contributed by atoms with Gasteiger partial charge in [-0.05, 0) is 42.0 Å². The maximum Gasteiger partial charge on any atom is 0.275 e. The number of amides is 3. The molecule has 2 aliphatic heterocycles. The molecule has 0 N–H and O–H groups in total. The highest BCUT2D eigenvalue weighted by atomic mass is 35.5. The molecule has 0 aliphatic carbocycles. The number of benzene rings is 3. The third-order valence-electron chi connectivity index (χ3n) is 5.77. The van der Waals surface area contributed by atoms with Gasteiger partial charge in [-0.3, -0.25) is 14.4 Å². The Balaban J connectivity index is 1.61.